The van der Waals surface area contributed by atoms with Gasteiger partial charge in [-0.25, -0.2) is 9.67 Å². The van der Waals surface area contributed by atoms with Crippen LogP contribution in [0.2, 0.25) is 0 Å². The number of benzene rings is 4. The molecule has 0 saturated heterocycles. The lowest BCUT2D eigenvalue weighted by molar-refractivity contribution is -0.274. The van der Waals surface area contributed by atoms with Crippen molar-refractivity contribution in [3.8, 4) is 34.0 Å². The van der Waals surface area contributed by atoms with Gasteiger partial charge < -0.3 is 10.1 Å². The highest BCUT2D eigenvalue weighted by atomic mass is 19.4. The second-order valence-corrected chi connectivity index (χ2v) is 8.48. The third-order valence-electron chi connectivity index (χ3n) is 5.81. The van der Waals surface area contributed by atoms with Crippen molar-refractivity contribution in [3.05, 3.63) is 115 Å². The molecule has 38 heavy (non-hydrogen) atoms. The van der Waals surface area contributed by atoms with Crippen molar-refractivity contribution in [2.75, 3.05) is 5.32 Å². The van der Waals surface area contributed by atoms with Gasteiger partial charge in [0.2, 0.25) is 0 Å². The number of nitrogens with zero attached hydrogens (tertiary/aromatic N) is 3. The van der Waals surface area contributed by atoms with Crippen LogP contribution in [0.4, 0.5) is 18.9 Å². The number of halogens is 3. The smallest absolute Gasteiger partial charge is 0.406 e. The normalized spacial score (nSPS) is 11.3. The van der Waals surface area contributed by atoms with E-state index in [2.05, 4.69) is 20.1 Å². The van der Waals surface area contributed by atoms with Gasteiger partial charge in [0.05, 0.1) is 5.69 Å². The average molecular weight is 515 g/mol. The van der Waals surface area contributed by atoms with E-state index in [9.17, 15) is 18.0 Å². The van der Waals surface area contributed by atoms with Crippen molar-refractivity contribution in [2.45, 2.75) is 13.3 Å². The van der Waals surface area contributed by atoms with E-state index in [4.69, 9.17) is 0 Å². The van der Waals surface area contributed by atoms with Gasteiger partial charge in [0, 0.05) is 16.8 Å². The first-order chi connectivity index (χ1) is 18.2. The second-order valence-electron chi connectivity index (χ2n) is 8.48. The number of ether oxygens (including phenoxy) is 1. The summed E-state index contributed by atoms with van der Waals surface area (Å²) in [6.45, 7) is 2.03. The van der Waals surface area contributed by atoms with Gasteiger partial charge in [0.25, 0.3) is 5.91 Å². The van der Waals surface area contributed by atoms with Crippen molar-refractivity contribution in [1.29, 1.82) is 0 Å². The second kappa shape index (κ2) is 10.2. The fourth-order valence-electron chi connectivity index (χ4n) is 3.95. The van der Waals surface area contributed by atoms with Crippen molar-refractivity contribution in [2.24, 2.45) is 0 Å². The Balaban J connectivity index is 1.26. The minimum absolute atomic E-state index is 0.228. The fourth-order valence-corrected chi connectivity index (χ4v) is 3.95. The van der Waals surface area contributed by atoms with Crippen LogP contribution in [-0.4, -0.2) is 27.0 Å². The number of hydrogen-bond acceptors (Lipinski definition) is 4. The van der Waals surface area contributed by atoms with Crippen molar-refractivity contribution in [1.82, 2.24) is 14.8 Å². The van der Waals surface area contributed by atoms with Gasteiger partial charge in [0.1, 0.15) is 12.1 Å². The first-order valence-electron chi connectivity index (χ1n) is 11.6. The van der Waals surface area contributed by atoms with Crippen LogP contribution < -0.4 is 10.1 Å². The van der Waals surface area contributed by atoms with E-state index < -0.39 is 6.36 Å². The van der Waals surface area contributed by atoms with Crippen LogP contribution in [0.15, 0.2) is 103 Å². The molecule has 1 heterocycles. The van der Waals surface area contributed by atoms with E-state index in [-0.39, 0.29) is 11.7 Å². The maximum atomic E-state index is 12.9. The molecule has 5 aromatic rings. The molecule has 0 saturated carbocycles. The molecule has 1 N–H and O–H groups in total. The fraction of sp³-hybridized carbons (Fsp3) is 0.0690. The van der Waals surface area contributed by atoms with Gasteiger partial charge in [-0.05, 0) is 84.3 Å². The molecular weight excluding hydrogens is 493 g/mol. The summed E-state index contributed by atoms with van der Waals surface area (Å²) in [7, 11) is 0. The zero-order chi connectivity index (χ0) is 26.7. The van der Waals surface area contributed by atoms with Gasteiger partial charge in [-0.15, -0.1) is 18.3 Å². The van der Waals surface area contributed by atoms with Crippen LogP contribution in [0.3, 0.4) is 0 Å². The molecule has 1 aromatic heterocycles. The molecule has 5 rings (SSSR count). The van der Waals surface area contributed by atoms with Gasteiger partial charge in [-0.3, -0.25) is 4.79 Å². The Morgan fingerprint density at radius 3 is 2.32 bits per heavy atom. The maximum absolute atomic E-state index is 12.9. The first kappa shape index (κ1) is 24.8. The predicted molar refractivity (Wildman–Crippen MR) is 138 cm³/mol. The third kappa shape index (κ3) is 5.73. The van der Waals surface area contributed by atoms with E-state index in [0.717, 1.165) is 16.7 Å². The number of carbonyl (C=O) groups is 1. The lowest BCUT2D eigenvalue weighted by Crippen LogP contribution is -2.17. The van der Waals surface area contributed by atoms with Gasteiger partial charge in [0.15, 0.2) is 5.82 Å². The maximum Gasteiger partial charge on any atom is 0.573 e. The highest BCUT2D eigenvalue weighted by Gasteiger charge is 2.31. The molecule has 6 nitrogen and oxygen atoms in total. The summed E-state index contributed by atoms with van der Waals surface area (Å²) in [5, 5.41) is 7.30. The molecule has 0 bridgehead atoms. The number of alkyl halides is 3. The molecule has 0 aliphatic rings. The highest BCUT2D eigenvalue weighted by Crippen LogP contribution is 2.26. The summed E-state index contributed by atoms with van der Waals surface area (Å²) in [5.74, 6) is -0.126. The quantitative estimate of drug-likeness (QED) is 0.263. The number of nitrogens with one attached hydrogen (secondary N) is 1. The Morgan fingerprint density at radius 1 is 0.868 bits per heavy atom. The van der Waals surface area contributed by atoms with E-state index >= 15 is 0 Å². The summed E-state index contributed by atoms with van der Waals surface area (Å²) < 4.78 is 42.4. The molecule has 0 spiro atoms. The van der Waals surface area contributed by atoms with Crippen molar-refractivity contribution >= 4 is 11.6 Å². The Kier molecular flexibility index (Phi) is 6.66. The van der Waals surface area contributed by atoms with Gasteiger partial charge in [-0.2, -0.15) is 0 Å². The largest absolute Gasteiger partial charge is 0.573 e. The van der Waals surface area contributed by atoms with E-state index in [1.165, 1.54) is 35.3 Å². The Hall–Kier alpha value is -4.92. The van der Waals surface area contributed by atoms with Gasteiger partial charge in [-0.1, -0.05) is 36.4 Å². The molecule has 0 unspecified atom stereocenters. The van der Waals surface area contributed by atoms with Gasteiger partial charge >= 0.3 is 6.36 Å². The Labute approximate surface area is 216 Å². The number of hydrogen-bond donors (Lipinski definition) is 1. The summed E-state index contributed by atoms with van der Waals surface area (Å²) in [5.41, 5.74) is 5.56. The summed E-state index contributed by atoms with van der Waals surface area (Å²) in [6, 6.07) is 27.9. The van der Waals surface area contributed by atoms with E-state index in [0.29, 0.717) is 28.3 Å². The summed E-state index contributed by atoms with van der Waals surface area (Å²) >= 11 is 0. The summed E-state index contributed by atoms with van der Waals surface area (Å²) in [6.07, 6.45) is -3.29. The monoisotopic (exact) mass is 514 g/mol. The number of anilines is 1. The average Bonchev–Trinajstić information content (AvgIpc) is 3.39. The number of aromatic nitrogens is 3. The zero-order valence-corrected chi connectivity index (χ0v) is 20.1. The van der Waals surface area contributed by atoms with E-state index in [1.807, 2.05) is 49.4 Å². The van der Waals surface area contributed by atoms with Crippen LogP contribution in [0.1, 0.15) is 15.9 Å². The molecule has 0 aliphatic carbocycles. The lowest BCUT2D eigenvalue weighted by Gasteiger charge is -2.09. The van der Waals surface area contributed by atoms with Crippen molar-refractivity contribution in [3.63, 3.8) is 0 Å². The minimum atomic E-state index is -4.75. The predicted octanol–water partition coefficient (Wildman–Crippen LogP) is 7.06. The lowest BCUT2D eigenvalue weighted by atomic mass is 9.99. The van der Waals surface area contributed by atoms with Crippen LogP contribution in [0.5, 0.6) is 5.75 Å². The topological polar surface area (TPSA) is 69.0 Å². The highest BCUT2D eigenvalue weighted by molar-refractivity contribution is 6.05. The van der Waals surface area contributed by atoms with Crippen LogP contribution in [-0.2, 0) is 0 Å². The number of amides is 1. The molecule has 0 atom stereocenters. The standard InChI is InChI=1S/C29H21F3N4O2/c1-19-5-2-3-8-26(19)21-6-4-7-22(17-21)28(37)34-23-11-9-20(10-12-23)27-33-18-36(35-27)24-13-15-25(16-14-24)38-29(30,31)32/h2-18H,1H3,(H,34,37). The minimum Gasteiger partial charge on any atom is -0.406 e. The van der Waals surface area contributed by atoms with Crippen LogP contribution in [0.25, 0.3) is 28.2 Å². The molecule has 1 amide bonds. The molecule has 0 fully saturated rings. The molecule has 9 heteroatoms. The SMILES string of the molecule is Cc1ccccc1-c1cccc(C(=O)Nc2ccc(-c3ncn(-c4ccc(OC(F)(F)F)cc4)n3)cc2)c1. The number of aryl methyl sites for hydroxylation is 1. The Bertz CT molecular complexity index is 1580. The van der Waals surface area contributed by atoms with E-state index in [1.54, 1.807) is 30.3 Å². The molecular formula is C29H21F3N4O2. The summed E-state index contributed by atoms with van der Waals surface area (Å²) in [4.78, 5) is 17.2. The van der Waals surface area contributed by atoms with Crippen LogP contribution >= 0.6 is 0 Å². The first-order valence-corrected chi connectivity index (χ1v) is 11.6. The number of rotatable bonds is 6. The van der Waals surface area contributed by atoms with Crippen molar-refractivity contribution < 1.29 is 22.7 Å². The zero-order valence-electron chi connectivity index (χ0n) is 20.1. The molecule has 0 aliphatic heterocycles. The molecule has 4 aromatic carbocycles. The molecule has 190 valence electrons. The number of carbonyl (C=O) groups excluding carboxylic acids is 1. The third-order valence-corrected chi connectivity index (χ3v) is 5.81. The van der Waals surface area contributed by atoms with Crippen LogP contribution in [0, 0.1) is 6.92 Å². The Morgan fingerprint density at radius 2 is 1.61 bits per heavy atom. The molecule has 0 radical (unpaired) electrons.